The molecule has 18 heavy (non-hydrogen) atoms. The molecule has 0 bridgehead atoms. The minimum atomic E-state index is -0.247. The summed E-state index contributed by atoms with van der Waals surface area (Å²) in [5.74, 6) is -0.519. The Hall–Kier alpha value is -1.14. The van der Waals surface area contributed by atoms with Crippen molar-refractivity contribution < 1.29 is 14.3 Å². The summed E-state index contributed by atoms with van der Waals surface area (Å²) >= 11 is 0. The number of rotatable bonds is 6. The molecule has 2 N–H and O–H groups in total. The van der Waals surface area contributed by atoms with E-state index >= 15 is 0 Å². The summed E-state index contributed by atoms with van der Waals surface area (Å²) in [5.41, 5.74) is 5.25. The topological polar surface area (TPSA) is 75.9 Å². The van der Waals surface area contributed by atoms with Crippen LogP contribution in [0.4, 0.5) is 0 Å². The first-order chi connectivity index (χ1) is 8.52. The standard InChI is InChI=1S/C12H23N3O3/c1-10(12(13)17)9-15-7-5-14(6-8-15)4-3-11(16)18-2/h10H,3-9H2,1-2H3,(H2,13,17). The van der Waals surface area contributed by atoms with Crippen LogP contribution in [0.3, 0.4) is 0 Å². The number of piperazine rings is 1. The van der Waals surface area contributed by atoms with Crippen molar-refractivity contribution in [3.05, 3.63) is 0 Å². The highest BCUT2D eigenvalue weighted by Crippen LogP contribution is 2.06. The fourth-order valence-corrected chi connectivity index (χ4v) is 2.02. The normalized spacial score (nSPS) is 19.4. The Morgan fingerprint density at radius 3 is 2.28 bits per heavy atom. The van der Waals surface area contributed by atoms with Crippen LogP contribution in [0.2, 0.25) is 0 Å². The lowest BCUT2D eigenvalue weighted by Gasteiger charge is -2.35. The molecule has 0 spiro atoms. The number of carbonyl (C=O) groups excluding carboxylic acids is 2. The second-order valence-electron chi connectivity index (χ2n) is 4.77. The Bertz CT molecular complexity index is 288. The third-order valence-electron chi connectivity index (χ3n) is 3.34. The number of nitrogens with two attached hydrogens (primary N) is 1. The monoisotopic (exact) mass is 257 g/mol. The molecule has 1 rings (SSSR count). The molecule has 1 saturated heterocycles. The largest absolute Gasteiger partial charge is 0.469 e. The summed E-state index contributed by atoms with van der Waals surface area (Å²) < 4.78 is 4.61. The predicted octanol–water partition coefficient (Wildman–Crippen LogP) is -0.711. The number of nitrogens with zero attached hydrogens (tertiary/aromatic N) is 2. The summed E-state index contributed by atoms with van der Waals surface area (Å²) in [7, 11) is 1.41. The van der Waals surface area contributed by atoms with E-state index < -0.39 is 0 Å². The van der Waals surface area contributed by atoms with Gasteiger partial charge >= 0.3 is 5.97 Å². The molecule has 0 aromatic rings. The van der Waals surface area contributed by atoms with Crippen LogP contribution in [0.25, 0.3) is 0 Å². The SMILES string of the molecule is COC(=O)CCN1CCN(CC(C)C(N)=O)CC1. The molecule has 6 nitrogen and oxygen atoms in total. The Morgan fingerprint density at radius 2 is 1.78 bits per heavy atom. The van der Waals surface area contributed by atoms with Crippen molar-refractivity contribution in [2.45, 2.75) is 13.3 Å². The zero-order valence-electron chi connectivity index (χ0n) is 11.2. The second-order valence-corrected chi connectivity index (χ2v) is 4.77. The third kappa shape index (κ3) is 5.01. The minimum Gasteiger partial charge on any atom is -0.469 e. The van der Waals surface area contributed by atoms with E-state index in [1.54, 1.807) is 0 Å². The Kier molecular flexibility index (Phi) is 6.07. The molecule has 0 aliphatic carbocycles. The van der Waals surface area contributed by atoms with Gasteiger partial charge in [0.15, 0.2) is 0 Å². The number of carbonyl (C=O) groups is 2. The van der Waals surface area contributed by atoms with Crippen LogP contribution in [0.15, 0.2) is 0 Å². The molecule has 0 aromatic heterocycles. The van der Waals surface area contributed by atoms with E-state index in [4.69, 9.17) is 5.73 Å². The first kappa shape index (κ1) is 14.9. The quantitative estimate of drug-likeness (QED) is 0.636. The summed E-state index contributed by atoms with van der Waals surface area (Å²) in [6.07, 6.45) is 0.439. The van der Waals surface area contributed by atoms with Gasteiger partial charge in [-0.2, -0.15) is 0 Å². The molecule has 1 amide bonds. The van der Waals surface area contributed by atoms with Crippen molar-refractivity contribution in [2.75, 3.05) is 46.4 Å². The van der Waals surface area contributed by atoms with Crippen LogP contribution in [-0.4, -0.2) is 68.1 Å². The summed E-state index contributed by atoms with van der Waals surface area (Å²) in [6, 6.07) is 0. The highest BCUT2D eigenvalue weighted by atomic mass is 16.5. The smallest absolute Gasteiger partial charge is 0.306 e. The van der Waals surface area contributed by atoms with Crippen LogP contribution in [-0.2, 0) is 14.3 Å². The number of methoxy groups -OCH3 is 1. The Balaban J connectivity index is 2.20. The van der Waals surface area contributed by atoms with Crippen LogP contribution in [0.1, 0.15) is 13.3 Å². The summed E-state index contributed by atoms with van der Waals surface area (Å²) in [5, 5.41) is 0. The molecule has 1 aliphatic rings. The van der Waals surface area contributed by atoms with Crippen LogP contribution < -0.4 is 5.73 Å². The lowest BCUT2D eigenvalue weighted by Crippen LogP contribution is -2.49. The average Bonchev–Trinajstić information content (AvgIpc) is 2.37. The number of hydrogen-bond acceptors (Lipinski definition) is 5. The molecule has 1 atom stereocenters. The van der Waals surface area contributed by atoms with Crippen LogP contribution in [0.5, 0.6) is 0 Å². The van der Waals surface area contributed by atoms with E-state index in [2.05, 4.69) is 14.5 Å². The number of ether oxygens (including phenoxy) is 1. The fourth-order valence-electron chi connectivity index (χ4n) is 2.02. The van der Waals surface area contributed by atoms with Crippen molar-refractivity contribution in [1.29, 1.82) is 0 Å². The molecule has 1 aliphatic heterocycles. The number of primary amides is 1. The molecule has 0 aromatic carbocycles. The van der Waals surface area contributed by atoms with Gasteiger partial charge < -0.3 is 20.3 Å². The number of esters is 1. The van der Waals surface area contributed by atoms with E-state index in [1.165, 1.54) is 7.11 Å². The molecule has 1 unspecified atom stereocenters. The minimum absolute atomic E-state index is 0.105. The lowest BCUT2D eigenvalue weighted by molar-refractivity contribution is -0.141. The van der Waals surface area contributed by atoms with E-state index in [0.29, 0.717) is 6.42 Å². The first-order valence-electron chi connectivity index (χ1n) is 6.33. The van der Waals surface area contributed by atoms with Gasteiger partial charge in [-0.1, -0.05) is 6.92 Å². The van der Waals surface area contributed by atoms with Gasteiger partial charge in [-0.05, 0) is 0 Å². The highest BCUT2D eigenvalue weighted by Gasteiger charge is 2.20. The highest BCUT2D eigenvalue weighted by molar-refractivity contribution is 5.76. The maximum Gasteiger partial charge on any atom is 0.306 e. The fraction of sp³-hybridized carbons (Fsp3) is 0.833. The van der Waals surface area contributed by atoms with Gasteiger partial charge in [0.2, 0.25) is 5.91 Å². The van der Waals surface area contributed by atoms with Crippen molar-refractivity contribution in [3.63, 3.8) is 0 Å². The van der Waals surface area contributed by atoms with Gasteiger partial charge in [-0.25, -0.2) is 0 Å². The summed E-state index contributed by atoms with van der Waals surface area (Å²) in [6.45, 7) is 6.99. The van der Waals surface area contributed by atoms with E-state index in [1.807, 2.05) is 6.92 Å². The number of amides is 1. The Labute approximate surface area is 108 Å². The zero-order valence-corrected chi connectivity index (χ0v) is 11.2. The molecular formula is C12H23N3O3. The molecule has 1 heterocycles. The van der Waals surface area contributed by atoms with E-state index in [-0.39, 0.29) is 17.8 Å². The van der Waals surface area contributed by atoms with Gasteiger partial charge in [0.05, 0.1) is 13.5 Å². The van der Waals surface area contributed by atoms with Gasteiger partial charge in [-0.15, -0.1) is 0 Å². The Morgan fingerprint density at radius 1 is 1.22 bits per heavy atom. The van der Waals surface area contributed by atoms with E-state index in [0.717, 1.165) is 39.3 Å². The molecule has 0 saturated carbocycles. The van der Waals surface area contributed by atoms with Gasteiger partial charge in [-0.3, -0.25) is 9.59 Å². The second kappa shape index (κ2) is 7.33. The van der Waals surface area contributed by atoms with Crippen molar-refractivity contribution in [1.82, 2.24) is 9.80 Å². The average molecular weight is 257 g/mol. The zero-order chi connectivity index (χ0) is 13.5. The van der Waals surface area contributed by atoms with Crippen LogP contribution in [0, 0.1) is 5.92 Å². The lowest BCUT2D eigenvalue weighted by atomic mass is 10.1. The van der Waals surface area contributed by atoms with Crippen molar-refractivity contribution >= 4 is 11.9 Å². The van der Waals surface area contributed by atoms with Gasteiger partial charge in [0.25, 0.3) is 0 Å². The van der Waals surface area contributed by atoms with Crippen LogP contribution >= 0.6 is 0 Å². The molecular weight excluding hydrogens is 234 g/mol. The maximum atomic E-state index is 11.0. The number of hydrogen-bond donors (Lipinski definition) is 1. The van der Waals surface area contributed by atoms with Crippen molar-refractivity contribution in [3.8, 4) is 0 Å². The van der Waals surface area contributed by atoms with Crippen molar-refractivity contribution in [2.24, 2.45) is 11.7 Å². The maximum absolute atomic E-state index is 11.0. The molecule has 1 fully saturated rings. The third-order valence-corrected chi connectivity index (χ3v) is 3.34. The predicted molar refractivity (Wildman–Crippen MR) is 67.9 cm³/mol. The van der Waals surface area contributed by atoms with E-state index in [9.17, 15) is 9.59 Å². The summed E-state index contributed by atoms with van der Waals surface area (Å²) in [4.78, 5) is 26.5. The molecule has 104 valence electrons. The van der Waals surface area contributed by atoms with Gasteiger partial charge in [0, 0.05) is 45.2 Å². The molecule has 0 radical (unpaired) electrons. The first-order valence-corrected chi connectivity index (χ1v) is 6.33. The molecule has 6 heteroatoms. The van der Waals surface area contributed by atoms with Gasteiger partial charge in [0.1, 0.15) is 0 Å².